The highest BCUT2D eigenvalue weighted by Crippen LogP contribution is 2.23. The fourth-order valence-electron chi connectivity index (χ4n) is 1.02. The lowest BCUT2D eigenvalue weighted by Crippen LogP contribution is -2.16. The van der Waals surface area contributed by atoms with Crippen LogP contribution in [0.4, 0.5) is 10.5 Å². The van der Waals surface area contributed by atoms with Gasteiger partial charge in [-0.2, -0.15) is 0 Å². The number of ether oxygens (including phenoxy) is 1. The number of aliphatic hydroxyl groups excluding tert-OH is 1. The SMILES string of the molecule is Cc1ccc(Br)c(NC(=O)OCCO)c1. The summed E-state index contributed by atoms with van der Waals surface area (Å²) in [5, 5.41) is 11.0. The summed E-state index contributed by atoms with van der Waals surface area (Å²) in [4.78, 5) is 11.2. The highest BCUT2D eigenvalue weighted by atomic mass is 79.9. The number of carbonyl (C=O) groups is 1. The number of aliphatic hydroxyl groups is 1. The number of rotatable bonds is 3. The summed E-state index contributed by atoms with van der Waals surface area (Å²) in [5.41, 5.74) is 1.69. The molecule has 5 heteroatoms. The molecule has 0 unspecified atom stereocenters. The summed E-state index contributed by atoms with van der Waals surface area (Å²) in [7, 11) is 0. The van der Waals surface area contributed by atoms with Crippen LogP contribution >= 0.6 is 15.9 Å². The average Bonchev–Trinajstić information content (AvgIpc) is 2.20. The molecule has 0 fully saturated rings. The molecule has 1 aromatic carbocycles. The number of hydrogen-bond acceptors (Lipinski definition) is 3. The second kappa shape index (κ2) is 5.72. The van der Waals surface area contributed by atoms with Crippen molar-refractivity contribution < 1.29 is 14.6 Å². The largest absolute Gasteiger partial charge is 0.447 e. The van der Waals surface area contributed by atoms with Crippen LogP contribution in [0.3, 0.4) is 0 Å². The first kappa shape index (κ1) is 12.0. The van der Waals surface area contributed by atoms with Gasteiger partial charge in [0.1, 0.15) is 6.61 Å². The van der Waals surface area contributed by atoms with E-state index in [1.807, 2.05) is 25.1 Å². The van der Waals surface area contributed by atoms with Crippen molar-refractivity contribution in [3.63, 3.8) is 0 Å². The number of hydrogen-bond donors (Lipinski definition) is 2. The van der Waals surface area contributed by atoms with Gasteiger partial charge in [-0.3, -0.25) is 5.32 Å². The molecule has 15 heavy (non-hydrogen) atoms. The first-order valence-corrected chi connectivity index (χ1v) is 5.23. The van der Waals surface area contributed by atoms with E-state index in [1.54, 1.807) is 0 Å². The molecule has 0 aliphatic heterocycles. The van der Waals surface area contributed by atoms with Gasteiger partial charge in [-0.25, -0.2) is 4.79 Å². The van der Waals surface area contributed by atoms with Crippen LogP contribution in [0.25, 0.3) is 0 Å². The maximum Gasteiger partial charge on any atom is 0.411 e. The zero-order chi connectivity index (χ0) is 11.3. The Morgan fingerprint density at radius 3 is 3.00 bits per heavy atom. The molecule has 0 bridgehead atoms. The number of benzene rings is 1. The minimum Gasteiger partial charge on any atom is -0.447 e. The molecule has 1 rings (SSSR count). The van der Waals surface area contributed by atoms with E-state index in [4.69, 9.17) is 5.11 Å². The van der Waals surface area contributed by atoms with Crippen molar-refractivity contribution in [2.24, 2.45) is 0 Å². The highest BCUT2D eigenvalue weighted by Gasteiger charge is 2.05. The molecule has 0 saturated heterocycles. The lowest BCUT2D eigenvalue weighted by Gasteiger charge is -2.08. The van der Waals surface area contributed by atoms with E-state index in [0.29, 0.717) is 5.69 Å². The normalized spacial score (nSPS) is 9.80. The van der Waals surface area contributed by atoms with E-state index in [9.17, 15) is 4.79 Å². The minimum absolute atomic E-state index is 0.00469. The Morgan fingerprint density at radius 2 is 2.33 bits per heavy atom. The van der Waals surface area contributed by atoms with Crippen molar-refractivity contribution in [3.8, 4) is 0 Å². The minimum atomic E-state index is -0.574. The molecule has 4 nitrogen and oxygen atoms in total. The molecule has 82 valence electrons. The van der Waals surface area contributed by atoms with Crippen molar-refractivity contribution in [1.29, 1.82) is 0 Å². The number of amides is 1. The van der Waals surface area contributed by atoms with Gasteiger partial charge in [0, 0.05) is 4.47 Å². The van der Waals surface area contributed by atoms with Crippen LogP contribution in [0.5, 0.6) is 0 Å². The number of halogens is 1. The molecular formula is C10H12BrNO3. The Balaban J connectivity index is 2.63. The molecule has 1 amide bonds. The molecule has 1 aromatic rings. The van der Waals surface area contributed by atoms with E-state index in [0.717, 1.165) is 10.0 Å². The number of nitrogens with one attached hydrogen (secondary N) is 1. The van der Waals surface area contributed by atoms with E-state index in [-0.39, 0.29) is 13.2 Å². The monoisotopic (exact) mass is 273 g/mol. The quantitative estimate of drug-likeness (QED) is 0.889. The molecule has 0 radical (unpaired) electrons. The van der Waals surface area contributed by atoms with Crippen LogP contribution < -0.4 is 5.32 Å². The molecule has 0 spiro atoms. The van der Waals surface area contributed by atoms with Crippen LogP contribution in [-0.4, -0.2) is 24.4 Å². The molecule has 0 aliphatic carbocycles. The van der Waals surface area contributed by atoms with Gasteiger partial charge in [0.15, 0.2) is 0 Å². The van der Waals surface area contributed by atoms with E-state index in [2.05, 4.69) is 26.0 Å². The van der Waals surface area contributed by atoms with Crippen molar-refractivity contribution >= 4 is 27.7 Å². The van der Waals surface area contributed by atoms with Crippen LogP contribution in [0.15, 0.2) is 22.7 Å². The lowest BCUT2D eigenvalue weighted by molar-refractivity contribution is 0.131. The van der Waals surface area contributed by atoms with Crippen LogP contribution in [0.2, 0.25) is 0 Å². The van der Waals surface area contributed by atoms with Gasteiger partial charge in [0.05, 0.1) is 12.3 Å². The van der Waals surface area contributed by atoms with Gasteiger partial charge < -0.3 is 9.84 Å². The summed E-state index contributed by atoms with van der Waals surface area (Å²) in [6, 6.07) is 5.59. The smallest absolute Gasteiger partial charge is 0.411 e. The van der Waals surface area contributed by atoms with Crippen molar-refractivity contribution in [2.75, 3.05) is 18.5 Å². The van der Waals surface area contributed by atoms with E-state index >= 15 is 0 Å². The third kappa shape index (κ3) is 3.89. The Bertz CT molecular complexity index is 355. The second-order valence-electron chi connectivity index (χ2n) is 2.97. The Hall–Kier alpha value is -1.07. The van der Waals surface area contributed by atoms with Gasteiger partial charge in [-0.15, -0.1) is 0 Å². The molecule has 0 atom stereocenters. The average molecular weight is 274 g/mol. The van der Waals surface area contributed by atoms with Crippen LogP contribution in [-0.2, 0) is 4.74 Å². The molecule has 2 N–H and O–H groups in total. The molecular weight excluding hydrogens is 262 g/mol. The third-order valence-corrected chi connectivity index (χ3v) is 2.37. The predicted molar refractivity (Wildman–Crippen MR) is 60.9 cm³/mol. The fourth-order valence-corrected chi connectivity index (χ4v) is 1.37. The lowest BCUT2D eigenvalue weighted by atomic mass is 10.2. The maximum absolute atomic E-state index is 11.2. The van der Waals surface area contributed by atoms with Gasteiger partial charge >= 0.3 is 6.09 Å². The standard InChI is InChI=1S/C10H12BrNO3/c1-7-2-3-8(11)9(6-7)12-10(14)15-5-4-13/h2-3,6,13H,4-5H2,1H3,(H,12,14). The van der Waals surface area contributed by atoms with Crippen molar-refractivity contribution in [2.45, 2.75) is 6.92 Å². The summed E-state index contributed by atoms with van der Waals surface area (Å²) < 4.78 is 5.46. The summed E-state index contributed by atoms with van der Waals surface area (Å²) >= 11 is 3.31. The number of aryl methyl sites for hydroxylation is 1. The summed E-state index contributed by atoms with van der Waals surface area (Å²) in [6.45, 7) is 1.74. The Morgan fingerprint density at radius 1 is 1.60 bits per heavy atom. The first-order chi connectivity index (χ1) is 7.13. The van der Waals surface area contributed by atoms with E-state index < -0.39 is 6.09 Å². The Kier molecular flexibility index (Phi) is 4.58. The number of carbonyl (C=O) groups excluding carboxylic acids is 1. The second-order valence-corrected chi connectivity index (χ2v) is 3.82. The first-order valence-electron chi connectivity index (χ1n) is 4.44. The zero-order valence-corrected chi connectivity index (χ0v) is 9.87. The van der Waals surface area contributed by atoms with Crippen molar-refractivity contribution in [1.82, 2.24) is 0 Å². The molecule has 0 saturated carbocycles. The van der Waals surface area contributed by atoms with E-state index in [1.165, 1.54) is 0 Å². The van der Waals surface area contributed by atoms with Crippen LogP contribution in [0, 0.1) is 6.92 Å². The fraction of sp³-hybridized carbons (Fsp3) is 0.300. The van der Waals surface area contributed by atoms with Gasteiger partial charge in [-0.1, -0.05) is 6.07 Å². The zero-order valence-electron chi connectivity index (χ0n) is 8.29. The summed E-state index contributed by atoms with van der Waals surface area (Å²) in [5.74, 6) is 0. The highest BCUT2D eigenvalue weighted by molar-refractivity contribution is 9.10. The van der Waals surface area contributed by atoms with Gasteiger partial charge in [-0.05, 0) is 40.5 Å². The van der Waals surface area contributed by atoms with Gasteiger partial charge in [0.2, 0.25) is 0 Å². The number of anilines is 1. The maximum atomic E-state index is 11.2. The van der Waals surface area contributed by atoms with Crippen molar-refractivity contribution in [3.05, 3.63) is 28.2 Å². The van der Waals surface area contributed by atoms with Crippen LogP contribution in [0.1, 0.15) is 5.56 Å². The summed E-state index contributed by atoms with van der Waals surface area (Å²) in [6.07, 6.45) is -0.574. The predicted octanol–water partition coefficient (Wildman–Crippen LogP) is 2.30. The third-order valence-electron chi connectivity index (χ3n) is 1.68. The molecule has 0 aliphatic rings. The molecule has 0 heterocycles. The molecule has 0 aromatic heterocycles. The topological polar surface area (TPSA) is 58.6 Å². The Labute approximate surface area is 96.4 Å². The van der Waals surface area contributed by atoms with Gasteiger partial charge in [0.25, 0.3) is 0 Å².